The fourth-order valence-electron chi connectivity index (χ4n) is 3.00. The lowest BCUT2D eigenvalue weighted by atomic mass is 10.1. The number of rotatable bonds is 7. The summed E-state index contributed by atoms with van der Waals surface area (Å²) in [6.45, 7) is 10.8. The van der Waals surface area contributed by atoms with Crippen LogP contribution < -0.4 is 10.5 Å². The molecule has 8 heteroatoms. The third-order valence-electron chi connectivity index (χ3n) is 4.49. The zero-order valence-corrected chi connectivity index (χ0v) is 17.3. The van der Waals surface area contributed by atoms with Gasteiger partial charge in [-0.25, -0.2) is 13.6 Å². The Kier molecular flexibility index (Phi) is 6.43. The second kappa shape index (κ2) is 8.22. The van der Waals surface area contributed by atoms with Crippen molar-refractivity contribution in [3.05, 3.63) is 46.8 Å². The zero-order chi connectivity index (χ0) is 20.4. The largest absolute Gasteiger partial charge is 0.349 e. The Morgan fingerprint density at radius 3 is 2.30 bits per heavy atom. The molecule has 0 fully saturated rings. The van der Waals surface area contributed by atoms with Gasteiger partial charge in [0.1, 0.15) is 0 Å². The van der Waals surface area contributed by atoms with Gasteiger partial charge in [0.05, 0.1) is 23.1 Å². The molecular formula is C19H28N4O3S. The van der Waals surface area contributed by atoms with Gasteiger partial charge in [-0.1, -0.05) is 26.0 Å². The number of aryl methyl sites for hydroxylation is 1. The molecular weight excluding hydrogens is 364 g/mol. The maximum absolute atomic E-state index is 12.5. The number of nitrogens with two attached hydrogens (primary N) is 1. The molecule has 0 radical (unpaired) electrons. The summed E-state index contributed by atoms with van der Waals surface area (Å²) in [6, 6.07) is 5.94. The van der Waals surface area contributed by atoms with E-state index in [4.69, 9.17) is 5.14 Å². The van der Waals surface area contributed by atoms with Gasteiger partial charge in [0.15, 0.2) is 0 Å². The minimum Gasteiger partial charge on any atom is -0.349 e. The van der Waals surface area contributed by atoms with Crippen LogP contribution in [0.4, 0.5) is 0 Å². The number of carbonyl (C=O) groups is 1. The molecule has 2 rings (SSSR count). The van der Waals surface area contributed by atoms with Gasteiger partial charge in [-0.05, 0) is 44.4 Å². The van der Waals surface area contributed by atoms with E-state index < -0.39 is 10.0 Å². The number of primary sulfonamides is 1. The Hall–Kier alpha value is -2.19. The zero-order valence-electron chi connectivity index (χ0n) is 16.5. The van der Waals surface area contributed by atoms with Crippen LogP contribution in [0.3, 0.4) is 0 Å². The number of benzene rings is 1. The van der Waals surface area contributed by atoms with Gasteiger partial charge in [-0.15, -0.1) is 0 Å². The number of carbonyl (C=O) groups excluding carboxylic acids is 1. The van der Waals surface area contributed by atoms with Crippen molar-refractivity contribution in [1.82, 2.24) is 15.1 Å². The molecule has 0 spiro atoms. The summed E-state index contributed by atoms with van der Waals surface area (Å²) in [5.74, 6) is 0.373. The lowest BCUT2D eigenvalue weighted by Crippen LogP contribution is -2.28. The number of sulfonamides is 1. The number of amides is 1. The van der Waals surface area contributed by atoms with Crippen LogP contribution >= 0.6 is 0 Å². The second-order valence-electron chi connectivity index (χ2n) is 7.31. The molecule has 27 heavy (non-hydrogen) atoms. The van der Waals surface area contributed by atoms with Crippen molar-refractivity contribution in [1.29, 1.82) is 0 Å². The van der Waals surface area contributed by atoms with Crippen LogP contribution in [-0.2, 0) is 27.8 Å². The molecule has 148 valence electrons. The van der Waals surface area contributed by atoms with Gasteiger partial charge >= 0.3 is 0 Å². The van der Waals surface area contributed by atoms with E-state index in [2.05, 4.69) is 24.3 Å². The van der Waals surface area contributed by atoms with E-state index in [9.17, 15) is 13.2 Å². The summed E-state index contributed by atoms with van der Waals surface area (Å²) in [5, 5.41) is 12.6. The van der Waals surface area contributed by atoms with Crippen LogP contribution in [0.1, 0.15) is 49.3 Å². The van der Waals surface area contributed by atoms with Crippen LogP contribution in [0, 0.1) is 19.8 Å². The minimum atomic E-state index is -3.72. The maximum atomic E-state index is 12.5. The molecule has 0 saturated heterocycles. The molecule has 1 amide bonds. The van der Waals surface area contributed by atoms with E-state index in [0.29, 0.717) is 5.92 Å². The number of hydrogen-bond donors (Lipinski definition) is 2. The summed E-state index contributed by atoms with van der Waals surface area (Å²) in [6.07, 6.45) is 0.259. The third kappa shape index (κ3) is 5.40. The predicted octanol–water partition coefficient (Wildman–Crippen LogP) is 2.22. The Bertz CT molecular complexity index is 915. The molecule has 1 atom stereocenters. The Labute approximate surface area is 161 Å². The summed E-state index contributed by atoms with van der Waals surface area (Å²) in [7, 11) is -3.72. The van der Waals surface area contributed by atoms with E-state index in [0.717, 1.165) is 29.1 Å². The number of nitrogens with zero attached hydrogens (tertiary/aromatic N) is 2. The molecule has 1 aromatic carbocycles. The lowest BCUT2D eigenvalue weighted by Gasteiger charge is -2.15. The SMILES string of the molecule is Cc1nn(CC(C)C)c(C)c1CC(=O)NC(C)c1ccc(S(N)(=O)=O)cc1. The van der Waals surface area contributed by atoms with Gasteiger partial charge < -0.3 is 5.32 Å². The van der Waals surface area contributed by atoms with Crippen molar-refractivity contribution in [2.24, 2.45) is 11.1 Å². The van der Waals surface area contributed by atoms with Gasteiger partial charge in [0.25, 0.3) is 0 Å². The first-order chi connectivity index (χ1) is 12.5. The Morgan fingerprint density at radius 1 is 1.19 bits per heavy atom. The molecule has 0 aliphatic carbocycles. The predicted molar refractivity (Wildman–Crippen MR) is 105 cm³/mol. The average molecular weight is 393 g/mol. The summed E-state index contributed by atoms with van der Waals surface area (Å²) in [4.78, 5) is 12.5. The summed E-state index contributed by atoms with van der Waals surface area (Å²) < 4.78 is 24.6. The maximum Gasteiger partial charge on any atom is 0.238 e. The molecule has 3 N–H and O–H groups in total. The van der Waals surface area contributed by atoms with Crippen LogP contribution in [0.2, 0.25) is 0 Å². The van der Waals surface area contributed by atoms with Gasteiger partial charge in [0.2, 0.25) is 15.9 Å². The van der Waals surface area contributed by atoms with Crippen molar-refractivity contribution in [3.8, 4) is 0 Å². The topological polar surface area (TPSA) is 107 Å². The number of aromatic nitrogens is 2. The summed E-state index contributed by atoms with van der Waals surface area (Å²) >= 11 is 0. The Balaban J connectivity index is 2.06. The van der Waals surface area contributed by atoms with Crippen molar-refractivity contribution >= 4 is 15.9 Å². The average Bonchev–Trinajstić information content (AvgIpc) is 2.81. The van der Waals surface area contributed by atoms with Gasteiger partial charge in [0, 0.05) is 17.8 Å². The Morgan fingerprint density at radius 2 is 1.78 bits per heavy atom. The normalized spacial score (nSPS) is 13.0. The number of hydrogen-bond acceptors (Lipinski definition) is 4. The van der Waals surface area contributed by atoms with Crippen LogP contribution in [-0.4, -0.2) is 24.1 Å². The van der Waals surface area contributed by atoms with Gasteiger partial charge in [-0.3, -0.25) is 9.48 Å². The molecule has 0 aliphatic rings. The highest BCUT2D eigenvalue weighted by molar-refractivity contribution is 7.89. The highest BCUT2D eigenvalue weighted by Gasteiger charge is 2.17. The van der Waals surface area contributed by atoms with Crippen LogP contribution in [0.15, 0.2) is 29.2 Å². The first kappa shape index (κ1) is 21.1. The van der Waals surface area contributed by atoms with Crippen molar-refractivity contribution in [3.63, 3.8) is 0 Å². The van der Waals surface area contributed by atoms with Gasteiger partial charge in [-0.2, -0.15) is 5.10 Å². The van der Waals surface area contributed by atoms with Crippen molar-refractivity contribution < 1.29 is 13.2 Å². The van der Waals surface area contributed by atoms with E-state index in [1.54, 1.807) is 12.1 Å². The van der Waals surface area contributed by atoms with E-state index in [-0.39, 0.29) is 23.3 Å². The van der Waals surface area contributed by atoms with Crippen LogP contribution in [0.25, 0.3) is 0 Å². The molecule has 1 heterocycles. The molecule has 7 nitrogen and oxygen atoms in total. The van der Waals surface area contributed by atoms with Crippen molar-refractivity contribution in [2.75, 3.05) is 0 Å². The summed E-state index contributed by atoms with van der Waals surface area (Å²) in [5.41, 5.74) is 3.64. The monoisotopic (exact) mass is 392 g/mol. The van der Waals surface area contributed by atoms with E-state index in [1.807, 2.05) is 25.5 Å². The molecule has 1 unspecified atom stereocenters. The van der Waals surface area contributed by atoms with Crippen LogP contribution in [0.5, 0.6) is 0 Å². The molecule has 2 aromatic rings. The highest BCUT2D eigenvalue weighted by Crippen LogP contribution is 2.18. The molecule has 0 saturated carbocycles. The lowest BCUT2D eigenvalue weighted by molar-refractivity contribution is -0.121. The minimum absolute atomic E-state index is 0.0496. The fraction of sp³-hybridized carbons (Fsp3) is 0.474. The smallest absolute Gasteiger partial charge is 0.238 e. The van der Waals surface area contributed by atoms with Crippen molar-refractivity contribution in [2.45, 2.75) is 58.5 Å². The van der Waals surface area contributed by atoms with E-state index >= 15 is 0 Å². The molecule has 0 aliphatic heterocycles. The second-order valence-corrected chi connectivity index (χ2v) is 8.87. The first-order valence-electron chi connectivity index (χ1n) is 8.94. The molecule has 1 aromatic heterocycles. The third-order valence-corrected chi connectivity index (χ3v) is 5.42. The fourth-order valence-corrected chi connectivity index (χ4v) is 3.51. The molecule has 0 bridgehead atoms. The standard InChI is InChI=1S/C19H28N4O3S/c1-12(2)11-23-15(5)18(14(4)22-23)10-19(24)21-13(3)16-6-8-17(9-7-16)27(20,25)26/h6-9,12-13H,10-11H2,1-5H3,(H,21,24)(H2,20,25,26). The highest BCUT2D eigenvalue weighted by atomic mass is 32.2. The first-order valence-corrected chi connectivity index (χ1v) is 10.5. The quantitative estimate of drug-likeness (QED) is 0.753. The van der Waals surface area contributed by atoms with E-state index in [1.165, 1.54) is 12.1 Å². The number of nitrogens with one attached hydrogen (secondary N) is 1.